The van der Waals surface area contributed by atoms with Gasteiger partial charge in [0, 0.05) is 25.7 Å². The maximum Gasteiger partial charge on any atom is 0.191 e. The third-order valence-corrected chi connectivity index (χ3v) is 5.41. The maximum atomic E-state index is 5.44. The summed E-state index contributed by atoms with van der Waals surface area (Å²) in [6.45, 7) is 3.70. The Labute approximate surface area is 173 Å². The van der Waals surface area contributed by atoms with Crippen LogP contribution in [0.4, 0.5) is 0 Å². The second-order valence-corrected chi connectivity index (χ2v) is 7.15. The minimum Gasteiger partial charge on any atom is -0.497 e. The van der Waals surface area contributed by atoms with Crippen molar-refractivity contribution >= 4 is 5.96 Å². The van der Waals surface area contributed by atoms with E-state index < -0.39 is 0 Å². The van der Waals surface area contributed by atoms with E-state index in [1.54, 1.807) is 21.3 Å². The van der Waals surface area contributed by atoms with Crippen LogP contribution in [0.5, 0.6) is 11.5 Å². The van der Waals surface area contributed by atoms with E-state index in [1.807, 2.05) is 30.3 Å². The first-order valence-corrected chi connectivity index (χ1v) is 10.2. The van der Waals surface area contributed by atoms with E-state index in [9.17, 15) is 0 Å². The summed E-state index contributed by atoms with van der Waals surface area (Å²) in [6, 6.07) is 16.7. The highest BCUT2D eigenvalue weighted by Gasteiger charge is 2.23. The zero-order chi connectivity index (χ0) is 20.5. The quantitative estimate of drug-likeness (QED) is 0.530. The second kappa shape index (κ2) is 10.7. The van der Waals surface area contributed by atoms with Crippen molar-refractivity contribution in [2.75, 3.05) is 40.9 Å². The summed E-state index contributed by atoms with van der Waals surface area (Å²) < 4.78 is 10.8. The smallest absolute Gasteiger partial charge is 0.191 e. The van der Waals surface area contributed by atoms with Gasteiger partial charge < -0.3 is 20.1 Å². The molecule has 2 aromatic rings. The third-order valence-electron chi connectivity index (χ3n) is 5.41. The van der Waals surface area contributed by atoms with Crippen LogP contribution in [0, 0.1) is 0 Å². The number of aliphatic imine (C=N–C) groups is 1. The Bertz CT molecular complexity index is 786. The summed E-state index contributed by atoms with van der Waals surface area (Å²) in [6.07, 6.45) is 2.51. The maximum absolute atomic E-state index is 5.44. The van der Waals surface area contributed by atoms with Crippen LogP contribution in [0.2, 0.25) is 0 Å². The van der Waals surface area contributed by atoms with Crippen LogP contribution < -0.4 is 20.1 Å². The number of methoxy groups -OCH3 is 2. The highest BCUT2D eigenvalue weighted by Crippen LogP contribution is 2.26. The monoisotopic (exact) mass is 396 g/mol. The Kier molecular flexibility index (Phi) is 7.76. The van der Waals surface area contributed by atoms with Gasteiger partial charge in [-0.2, -0.15) is 0 Å². The molecule has 1 atom stereocenters. The molecule has 0 saturated carbocycles. The van der Waals surface area contributed by atoms with E-state index >= 15 is 0 Å². The number of rotatable bonds is 8. The molecule has 0 bridgehead atoms. The minimum atomic E-state index is 0.299. The van der Waals surface area contributed by atoms with E-state index in [0.29, 0.717) is 12.6 Å². The lowest BCUT2D eigenvalue weighted by Gasteiger charge is -2.29. The lowest BCUT2D eigenvalue weighted by atomic mass is 10.1. The van der Waals surface area contributed by atoms with Crippen LogP contribution in [0.15, 0.2) is 53.5 Å². The first kappa shape index (κ1) is 21.0. The minimum absolute atomic E-state index is 0.299. The Morgan fingerprint density at radius 1 is 1.00 bits per heavy atom. The van der Waals surface area contributed by atoms with E-state index in [0.717, 1.165) is 42.7 Å². The van der Waals surface area contributed by atoms with Crippen molar-refractivity contribution in [1.29, 1.82) is 0 Å². The zero-order valence-electron chi connectivity index (χ0n) is 17.6. The number of hydrogen-bond acceptors (Lipinski definition) is 4. The highest BCUT2D eigenvalue weighted by atomic mass is 16.5. The molecule has 6 nitrogen and oxygen atoms in total. The van der Waals surface area contributed by atoms with Gasteiger partial charge in [-0.25, -0.2) is 0 Å². The van der Waals surface area contributed by atoms with Gasteiger partial charge in [-0.15, -0.1) is 0 Å². The fourth-order valence-corrected chi connectivity index (χ4v) is 3.78. The van der Waals surface area contributed by atoms with E-state index in [2.05, 4.69) is 38.7 Å². The molecule has 0 radical (unpaired) electrons. The Hall–Kier alpha value is -2.73. The zero-order valence-corrected chi connectivity index (χ0v) is 17.6. The van der Waals surface area contributed by atoms with Crippen molar-refractivity contribution in [2.45, 2.75) is 25.4 Å². The van der Waals surface area contributed by atoms with Crippen LogP contribution in [-0.4, -0.2) is 51.8 Å². The van der Waals surface area contributed by atoms with Crippen molar-refractivity contribution in [3.8, 4) is 11.5 Å². The Morgan fingerprint density at radius 2 is 1.72 bits per heavy atom. The molecule has 2 N–H and O–H groups in total. The molecule has 6 heteroatoms. The Balaban J connectivity index is 1.63. The number of nitrogens with zero attached hydrogens (tertiary/aromatic N) is 2. The molecule has 29 heavy (non-hydrogen) atoms. The van der Waals surface area contributed by atoms with Crippen LogP contribution in [0.25, 0.3) is 0 Å². The van der Waals surface area contributed by atoms with Crippen LogP contribution in [0.1, 0.15) is 30.0 Å². The van der Waals surface area contributed by atoms with Crippen molar-refractivity contribution in [3.05, 3.63) is 59.7 Å². The van der Waals surface area contributed by atoms with Crippen molar-refractivity contribution in [1.82, 2.24) is 15.5 Å². The molecule has 0 aromatic heterocycles. The van der Waals surface area contributed by atoms with Crippen LogP contribution in [-0.2, 0) is 6.54 Å². The number of ether oxygens (including phenoxy) is 2. The molecule has 1 saturated heterocycles. The molecular formula is C23H32N4O2. The topological polar surface area (TPSA) is 58.1 Å². The number of hydrogen-bond donors (Lipinski definition) is 2. The summed E-state index contributed by atoms with van der Waals surface area (Å²) in [5, 5.41) is 6.90. The van der Waals surface area contributed by atoms with Gasteiger partial charge in [0.05, 0.1) is 20.3 Å². The summed E-state index contributed by atoms with van der Waals surface area (Å²) in [5.74, 6) is 2.55. The Morgan fingerprint density at radius 3 is 2.38 bits per heavy atom. The molecule has 1 fully saturated rings. The van der Waals surface area contributed by atoms with Gasteiger partial charge in [0.25, 0.3) is 0 Å². The van der Waals surface area contributed by atoms with Gasteiger partial charge in [-0.1, -0.05) is 30.3 Å². The lowest BCUT2D eigenvalue weighted by Crippen LogP contribution is -2.42. The first-order valence-electron chi connectivity index (χ1n) is 10.2. The van der Waals surface area contributed by atoms with Gasteiger partial charge in [0.1, 0.15) is 11.5 Å². The predicted octanol–water partition coefficient (Wildman–Crippen LogP) is 3.21. The van der Waals surface area contributed by atoms with Crippen molar-refractivity contribution in [3.63, 3.8) is 0 Å². The molecule has 0 amide bonds. The molecule has 1 aliphatic heterocycles. The summed E-state index contributed by atoms with van der Waals surface area (Å²) in [4.78, 5) is 6.94. The molecule has 3 rings (SSSR count). The molecule has 0 aliphatic carbocycles. The number of guanidine groups is 1. The van der Waals surface area contributed by atoms with Gasteiger partial charge in [-0.05, 0) is 49.7 Å². The molecular weight excluding hydrogens is 364 g/mol. The van der Waals surface area contributed by atoms with Gasteiger partial charge >= 0.3 is 0 Å². The fourth-order valence-electron chi connectivity index (χ4n) is 3.78. The predicted molar refractivity (Wildman–Crippen MR) is 118 cm³/mol. The molecule has 156 valence electrons. The fraction of sp³-hybridized carbons (Fsp3) is 0.435. The number of likely N-dealkylation sites (tertiary alicyclic amines) is 1. The average molecular weight is 397 g/mol. The standard InChI is InChI=1S/C23H32N4O2/c1-24-23(25-16-19-8-4-5-9-22(19)29-3)26-17-21(27-14-6-7-15-27)18-10-12-20(28-2)13-11-18/h4-5,8-13,21H,6-7,14-17H2,1-3H3,(H2,24,25,26). The summed E-state index contributed by atoms with van der Waals surface area (Å²) in [5.41, 5.74) is 2.39. The van der Waals surface area contributed by atoms with Gasteiger partial charge in [-0.3, -0.25) is 9.89 Å². The summed E-state index contributed by atoms with van der Waals surface area (Å²) >= 11 is 0. The normalized spacial score (nSPS) is 15.8. The number of nitrogens with one attached hydrogen (secondary N) is 2. The van der Waals surface area contributed by atoms with E-state index in [1.165, 1.54) is 18.4 Å². The molecule has 2 aromatic carbocycles. The van der Waals surface area contributed by atoms with Crippen LogP contribution >= 0.6 is 0 Å². The van der Waals surface area contributed by atoms with Crippen molar-refractivity contribution in [2.24, 2.45) is 4.99 Å². The van der Waals surface area contributed by atoms with E-state index in [4.69, 9.17) is 9.47 Å². The SMILES string of the molecule is CN=C(NCc1ccccc1OC)NCC(c1ccc(OC)cc1)N1CCCC1. The number of para-hydroxylation sites is 1. The highest BCUT2D eigenvalue weighted by molar-refractivity contribution is 5.79. The molecule has 1 unspecified atom stereocenters. The lowest BCUT2D eigenvalue weighted by molar-refractivity contribution is 0.245. The average Bonchev–Trinajstić information content (AvgIpc) is 3.31. The van der Waals surface area contributed by atoms with Gasteiger partial charge in [0.15, 0.2) is 5.96 Å². The number of benzene rings is 2. The van der Waals surface area contributed by atoms with E-state index in [-0.39, 0.29) is 0 Å². The summed E-state index contributed by atoms with van der Waals surface area (Å²) in [7, 11) is 5.20. The molecule has 1 heterocycles. The first-order chi connectivity index (χ1) is 14.2. The third kappa shape index (κ3) is 5.64. The molecule has 1 aliphatic rings. The van der Waals surface area contributed by atoms with Crippen LogP contribution in [0.3, 0.4) is 0 Å². The largest absolute Gasteiger partial charge is 0.497 e. The molecule has 0 spiro atoms. The second-order valence-electron chi connectivity index (χ2n) is 7.15. The van der Waals surface area contributed by atoms with Gasteiger partial charge in [0.2, 0.25) is 0 Å². The van der Waals surface area contributed by atoms with Crippen molar-refractivity contribution < 1.29 is 9.47 Å².